The lowest BCUT2D eigenvalue weighted by Gasteiger charge is -2.19. The highest BCUT2D eigenvalue weighted by Gasteiger charge is 2.14. The summed E-state index contributed by atoms with van der Waals surface area (Å²) in [5, 5.41) is 0.663. The van der Waals surface area contributed by atoms with Crippen molar-refractivity contribution in [1.82, 2.24) is 0 Å². The number of alkyl halides is 1. The molecule has 0 radical (unpaired) electrons. The molecule has 0 aliphatic heterocycles. The molecule has 98 valence electrons. The van der Waals surface area contributed by atoms with Crippen LogP contribution in [0.2, 0.25) is 5.02 Å². The van der Waals surface area contributed by atoms with E-state index < -0.39 is 0 Å². The molecule has 1 rings (SSSR count). The van der Waals surface area contributed by atoms with Crippen LogP contribution in [0.15, 0.2) is 23.8 Å². The van der Waals surface area contributed by atoms with Crippen LogP contribution >= 0.6 is 23.2 Å². The first-order valence-corrected chi connectivity index (χ1v) is 6.81. The fourth-order valence-electron chi connectivity index (χ4n) is 1.58. The van der Waals surface area contributed by atoms with E-state index in [2.05, 4.69) is 20.8 Å². The number of aldehydes is 1. The molecule has 0 aliphatic carbocycles. The minimum atomic E-state index is 0.0650. The van der Waals surface area contributed by atoms with E-state index in [-0.39, 0.29) is 5.41 Å². The van der Waals surface area contributed by atoms with E-state index in [4.69, 9.17) is 23.2 Å². The van der Waals surface area contributed by atoms with Gasteiger partial charge in [-0.1, -0.05) is 44.5 Å². The maximum absolute atomic E-state index is 10.9. The van der Waals surface area contributed by atoms with E-state index in [1.807, 2.05) is 18.2 Å². The van der Waals surface area contributed by atoms with Crippen molar-refractivity contribution in [3.05, 3.63) is 39.9 Å². The van der Waals surface area contributed by atoms with Crippen LogP contribution < -0.4 is 0 Å². The number of carbonyl (C=O) groups is 1. The molecule has 0 aliphatic rings. The summed E-state index contributed by atoms with van der Waals surface area (Å²) >= 11 is 11.9. The van der Waals surface area contributed by atoms with Crippen molar-refractivity contribution in [3.63, 3.8) is 0 Å². The van der Waals surface area contributed by atoms with Gasteiger partial charge in [0, 0.05) is 10.9 Å². The number of halogens is 2. The monoisotopic (exact) mass is 284 g/mol. The summed E-state index contributed by atoms with van der Waals surface area (Å²) in [7, 11) is 0. The van der Waals surface area contributed by atoms with Gasteiger partial charge in [-0.15, -0.1) is 11.6 Å². The summed E-state index contributed by atoms with van der Waals surface area (Å²) in [5.41, 5.74) is 2.76. The maximum Gasteiger partial charge on any atom is 0.146 e. The van der Waals surface area contributed by atoms with Crippen LogP contribution in [0.5, 0.6) is 0 Å². The Balaban J connectivity index is 3.10. The minimum absolute atomic E-state index is 0.0650. The first-order valence-electron chi connectivity index (χ1n) is 5.90. The Labute approximate surface area is 119 Å². The third-order valence-electron chi connectivity index (χ3n) is 2.74. The second-order valence-corrected chi connectivity index (χ2v) is 6.05. The first-order chi connectivity index (χ1) is 8.38. The Bertz CT molecular complexity index is 456. The van der Waals surface area contributed by atoms with Crippen LogP contribution in [0.1, 0.15) is 38.3 Å². The van der Waals surface area contributed by atoms with Gasteiger partial charge in [-0.05, 0) is 40.7 Å². The predicted molar refractivity (Wildman–Crippen MR) is 79.5 cm³/mol. The van der Waals surface area contributed by atoms with E-state index in [0.29, 0.717) is 22.9 Å². The molecule has 0 unspecified atom stereocenters. The number of benzene rings is 1. The van der Waals surface area contributed by atoms with Crippen LogP contribution in [-0.2, 0) is 10.2 Å². The van der Waals surface area contributed by atoms with Gasteiger partial charge in [0.05, 0.1) is 0 Å². The third kappa shape index (κ3) is 4.15. The van der Waals surface area contributed by atoms with Crippen molar-refractivity contribution >= 4 is 35.6 Å². The fourth-order valence-corrected chi connectivity index (χ4v) is 2.04. The third-order valence-corrected chi connectivity index (χ3v) is 3.26. The van der Waals surface area contributed by atoms with Gasteiger partial charge in [-0.25, -0.2) is 0 Å². The molecule has 0 saturated carbocycles. The molecule has 0 fully saturated rings. The Morgan fingerprint density at radius 1 is 1.33 bits per heavy atom. The molecule has 1 aromatic carbocycles. The molecule has 0 aromatic heterocycles. The Hall–Kier alpha value is -0.790. The van der Waals surface area contributed by atoms with E-state index in [1.165, 1.54) is 5.56 Å². The van der Waals surface area contributed by atoms with Gasteiger partial charge in [-0.2, -0.15) is 0 Å². The summed E-state index contributed by atoms with van der Waals surface area (Å²) in [6.45, 7) is 6.41. The van der Waals surface area contributed by atoms with Gasteiger partial charge >= 0.3 is 0 Å². The molecular formula is C15H18Cl2O. The summed E-state index contributed by atoms with van der Waals surface area (Å²) in [6.07, 6.45) is 3.18. The van der Waals surface area contributed by atoms with Crippen LogP contribution in [0.25, 0.3) is 6.08 Å². The lowest BCUT2D eigenvalue weighted by molar-refractivity contribution is -0.104. The van der Waals surface area contributed by atoms with E-state index in [1.54, 1.807) is 6.08 Å². The van der Waals surface area contributed by atoms with Crippen molar-refractivity contribution in [2.45, 2.75) is 32.6 Å². The van der Waals surface area contributed by atoms with E-state index in [0.717, 1.165) is 11.8 Å². The molecule has 0 heterocycles. The number of hydrogen-bond acceptors (Lipinski definition) is 1. The number of carbonyl (C=O) groups excluding carboxylic acids is 1. The molecule has 3 heteroatoms. The van der Waals surface area contributed by atoms with Crippen molar-refractivity contribution in [2.75, 3.05) is 5.88 Å². The molecule has 18 heavy (non-hydrogen) atoms. The minimum Gasteiger partial charge on any atom is -0.298 e. The molecular weight excluding hydrogens is 267 g/mol. The lowest BCUT2D eigenvalue weighted by atomic mass is 9.86. The molecule has 0 N–H and O–H groups in total. The summed E-state index contributed by atoms with van der Waals surface area (Å²) in [5.74, 6) is 0.433. The topological polar surface area (TPSA) is 17.1 Å². The van der Waals surface area contributed by atoms with Crippen LogP contribution in [0.4, 0.5) is 0 Å². The standard InChI is InChI=1S/C15H18Cl2O/c1-15(2,3)13-5-4-12(14(17)9-13)8-11(10-18)6-7-16/h4-5,8-10H,6-7H2,1-3H3/b11-8+. The Morgan fingerprint density at radius 2 is 2.00 bits per heavy atom. The van der Waals surface area contributed by atoms with E-state index in [9.17, 15) is 4.79 Å². The largest absolute Gasteiger partial charge is 0.298 e. The van der Waals surface area contributed by atoms with Crippen LogP contribution in [-0.4, -0.2) is 12.2 Å². The summed E-state index contributed by atoms with van der Waals surface area (Å²) in [4.78, 5) is 10.9. The Morgan fingerprint density at radius 3 is 2.44 bits per heavy atom. The molecule has 1 aromatic rings. The molecule has 0 spiro atoms. The fraction of sp³-hybridized carbons (Fsp3) is 0.400. The van der Waals surface area contributed by atoms with Gasteiger partial charge in [-0.3, -0.25) is 4.79 Å². The number of hydrogen-bond donors (Lipinski definition) is 0. The van der Waals surface area contributed by atoms with Gasteiger partial charge < -0.3 is 0 Å². The molecule has 1 nitrogen and oxygen atoms in total. The predicted octanol–water partition coefficient (Wildman–Crippen LogP) is 4.85. The second-order valence-electron chi connectivity index (χ2n) is 5.26. The maximum atomic E-state index is 10.9. The summed E-state index contributed by atoms with van der Waals surface area (Å²) in [6, 6.07) is 5.94. The van der Waals surface area contributed by atoms with Crippen molar-refractivity contribution in [3.8, 4) is 0 Å². The first kappa shape index (κ1) is 15.3. The van der Waals surface area contributed by atoms with E-state index >= 15 is 0 Å². The lowest BCUT2D eigenvalue weighted by Crippen LogP contribution is -2.10. The normalized spacial score (nSPS) is 12.6. The number of rotatable bonds is 4. The van der Waals surface area contributed by atoms with Crippen molar-refractivity contribution < 1.29 is 4.79 Å². The van der Waals surface area contributed by atoms with Crippen LogP contribution in [0.3, 0.4) is 0 Å². The zero-order valence-corrected chi connectivity index (χ0v) is 12.5. The highest BCUT2D eigenvalue weighted by Crippen LogP contribution is 2.28. The smallest absolute Gasteiger partial charge is 0.146 e. The van der Waals surface area contributed by atoms with Crippen LogP contribution in [0, 0.1) is 0 Å². The quantitative estimate of drug-likeness (QED) is 0.439. The Kier molecular flexibility index (Phi) is 5.43. The zero-order chi connectivity index (χ0) is 13.8. The van der Waals surface area contributed by atoms with Crippen molar-refractivity contribution in [2.24, 2.45) is 0 Å². The van der Waals surface area contributed by atoms with Gasteiger partial charge in [0.2, 0.25) is 0 Å². The zero-order valence-electron chi connectivity index (χ0n) is 11.0. The summed E-state index contributed by atoms with van der Waals surface area (Å²) < 4.78 is 0. The average molecular weight is 285 g/mol. The highest BCUT2D eigenvalue weighted by atomic mass is 35.5. The van der Waals surface area contributed by atoms with Gasteiger partial charge in [0.1, 0.15) is 6.29 Å². The average Bonchev–Trinajstić information content (AvgIpc) is 2.29. The molecule has 0 saturated heterocycles. The van der Waals surface area contributed by atoms with Gasteiger partial charge in [0.15, 0.2) is 0 Å². The molecule has 0 atom stereocenters. The molecule has 0 amide bonds. The number of allylic oxidation sites excluding steroid dienone is 1. The van der Waals surface area contributed by atoms with Crippen molar-refractivity contribution in [1.29, 1.82) is 0 Å². The SMILES string of the molecule is CC(C)(C)c1ccc(/C=C(/C=O)CCCl)c(Cl)c1. The van der Waals surface area contributed by atoms with Gasteiger partial charge in [0.25, 0.3) is 0 Å². The second kappa shape index (κ2) is 6.40. The highest BCUT2D eigenvalue weighted by molar-refractivity contribution is 6.32. The molecule has 0 bridgehead atoms.